The van der Waals surface area contributed by atoms with E-state index in [-0.39, 0.29) is 11.3 Å². The molecule has 0 aliphatic heterocycles. The lowest BCUT2D eigenvalue weighted by Crippen LogP contribution is -1.87. The molecule has 0 aliphatic rings. The number of nitrogens with zero attached hydrogens (tertiary/aromatic N) is 3. The number of hydrogen-bond donors (Lipinski definition) is 0. The Balaban J connectivity index is 2.37. The van der Waals surface area contributed by atoms with Crippen LogP contribution in [-0.2, 0) is 0 Å². The van der Waals surface area contributed by atoms with Crippen LogP contribution in [0.15, 0.2) is 23.0 Å². The van der Waals surface area contributed by atoms with Crippen molar-refractivity contribution in [2.75, 3.05) is 0 Å². The van der Waals surface area contributed by atoms with Crippen molar-refractivity contribution in [1.29, 1.82) is 0 Å². The molecule has 15 heavy (non-hydrogen) atoms. The van der Waals surface area contributed by atoms with E-state index in [0.29, 0.717) is 11.4 Å². The number of alkyl halides is 1. The molecule has 2 aromatic heterocycles. The summed E-state index contributed by atoms with van der Waals surface area (Å²) in [7, 11) is 0. The van der Waals surface area contributed by atoms with E-state index in [1.165, 1.54) is 12.3 Å². The Morgan fingerprint density at radius 3 is 2.87 bits per heavy atom. The first-order chi connectivity index (χ1) is 7.16. The molecule has 78 valence electrons. The summed E-state index contributed by atoms with van der Waals surface area (Å²) in [5.74, 6) is 0.131. The quantitative estimate of drug-likeness (QED) is 0.740. The normalized spacial score (nSPS) is 12.7. The van der Waals surface area contributed by atoms with E-state index in [9.17, 15) is 4.39 Å². The Kier molecular flexibility index (Phi) is 2.64. The molecule has 0 amide bonds. The van der Waals surface area contributed by atoms with Crippen molar-refractivity contribution in [2.24, 2.45) is 0 Å². The highest BCUT2D eigenvalue weighted by molar-refractivity contribution is 6.20. The third kappa shape index (κ3) is 2.12. The molecule has 0 aliphatic carbocycles. The molecule has 0 fully saturated rings. The Morgan fingerprint density at radius 2 is 2.27 bits per heavy atom. The number of halogens is 2. The lowest BCUT2D eigenvalue weighted by Gasteiger charge is -1.92. The molecule has 0 N–H and O–H groups in total. The van der Waals surface area contributed by atoms with Crippen LogP contribution in [0.1, 0.15) is 18.1 Å². The van der Waals surface area contributed by atoms with E-state index in [1.807, 2.05) is 0 Å². The molecular formula is C9H7ClFN3O. The second kappa shape index (κ2) is 3.94. The number of pyridine rings is 1. The smallest absolute Gasteiger partial charge is 0.259 e. The number of hydrogen-bond acceptors (Lipinski definition) is 4. The molecule has 0 spiro atoms. The highest BCUT2D eigenvalue weighted by Gasteiger charge is 2.13. The SMILES string of the molecule is CC(Cl)c1noc(-c2cncc(F)c2)n1. The Labute approximate surface area is 90.1 Å². The van der Waals surface area contributed by atoms with Gasteiger partial charge in [-0.2, -0.15) is 4.98 Å². The van der Waals surface area contributed by atoms with Crippen molar-refractivity contribution in [3.63, 3.8) is 0 Å². The highest BCUT2D eigenvalue weighted by atomic mass is 35.5. The van der Waals surface area contributed by atoms with Gasteiger partial charge in [-0.3, -0.25) is 4.98 Å². The number of aromatic nitrogens is 3. The molecular weight excluding hydrogens is 221 g/mol. The van der Waals surface area contributed by atoms with Gasteiger partial charge in [0, 0.05) is 6.20 Å². The van der Waals surface area contributed by atoms with Gasteiger partial charge in [0.15, 0.2) is 5.82 Å². The van der Waals surface area contributed by atoms with Gasteiger partial charge in [-0.05, 0) is 13.0 Å². The van der Waals surface area contributed by atoms with Crippen molar-refractivity contribution < 1.29 is 8.91 Å². The van der Waals surface area contributed by atoms with E-state index in [4.69, 9.17) is 16.1 Å². The first kappa shape index (κ1) is 10.0. The maximum absolute atomic E-state index is 12.8. The molecule has 0 bridgehead atoms. The molecule has 2 rings (SSSR count). The van der Waals surface area contributed by atoms with Crippen LogP contribution >= 0.6 is 11.6 Å². The molecule has 2 aromatic rings. The second-order valence-electron chi connectivity index (χ2n) is 2.97. The minimum atomic E-state index is -0.453. The summed E-state index contributed by atoms with van der Waals surface area (Å²) in [5.41, 5.74) is 0.436. The maximum Gasteiger partial charge on any atom is 0.259 e. The van der Waals surface area contributed by atoms with Gasteiger partial charge >= 0.3 is 0 Å². The minimum Gasteiger partial charge on any atom is -0.334 e. The summed E-state index contributed by atoms with van der Waals surface area (Å²) in [5, 5.41) is 3.31. The van der Waals surface area contributed by atoms with E-state index in [1.54, 1.807) is 6.92 Å². The third-order valence-electron chi connectivity index (χ3n) is 1.75. The van der Waals surface area contributed by atoms with Gasteiger partial charge in [0.25, 0.3) is 5.89 Å². The fourth-order valence-corrected chi connectivity index (χ4v) is 1.13. The van der Waals surface area contributed by atoms with Crippen molar-refractivity contribution in [3.05, 3.63) is 30.1 Å². The average molecular weight is 228 g/mol. The van der Waals surface area contributed by atoms with Gasteiger partial charge < -0.3 is 4.52 Å². The second-order valence-corrected chi connectivity index (χ2v) is 3.62. The van der Waals surface area contributed by atoms with Gasteiger partial charge in [-0.25, -0.2) is 4.39 Å². The molecule has 4 nitrogen and oxygen atoms in total. The van der Waals surface area contributed by atoms with Crippen molar-refractivity contribution in [1.82, 2.24) is 15.1 Å². The van der Waals surface area contributed by atoms with E-state index < -0.39 is 5.82 Å². The maximum atomic E-state index is 12.8. The first-order valence-electron chi connectivity index (χ1n) is 4.25. The molecule has 0 aromatic carbocycles. The summed E-state index contributed by atoms with van der Waals surface area (Å²) < 4.78 is 17.8. The Hall–Kier alpha value is -1.49. The number of rotatable bonds is 2. The standard InChI is InChI=1S/C9H7ClFN3O/c1-5(10)8-13-9(15-14-8)6-2-7(11)4-12-3-6/h2-5H,1H3. The highest BCUT2D eigenvalue weighted by Crippen LogP contribution is 2.21. The van der Waals surface area contributed by atoms with Crippen LogP contribution in [0.5, 0.6) is 0 Å². The minimum absolute atomic E-state index is 0.213. The predicted octanol–water partition coefficient (Wildman–Crippen LogP) is 2.57. The van der Waals surface area contributed by atoms with Crippen LogP contribution in [0.25, 0.3) is 11.5 Å². The predicted molar refractivity (Wildman–Crippen MR) is 51.8 cm³/mol. The van der Waals surface area contributed by atoms with E-state index in [2.05, 4.69) is 15.1 Å². The van der Waals surface area contributed by atoms with Crippen molar-refractivity contribution >= 4 is 11.6 Å². The van der Waals surface area contributed by atoms with Gasteiger partial charge in [-0.1, -0.05) is 5.16 Å². The van der Waals surface area contributed by atoms with Crippen LogP contribution in [0.3, 0.4) is 0 Å². The van der Waals surface area contributed by atoms with Gasteiger partial charge in [0.1, 0.15) is 5.82 Å². The van der Waals surface area contributed by atoms with Gasteiger partial charge in [0.2, 0.25) is 0 Å². The third-order valence-corrected chi connectivity index (χ3v) is 1.94. The Bertz CT molecular complexity index is 472. The molecule has 1 unspecified atom stereocenters. The molecule has 2 heterocycles. The molecule has 6 heteroatoms. The molecule has 1 atom stereocenters. The fourth-order valence-electron chi connectivity index (χ4n) is 1.04. The largest absolute Gasteiger partial charge is 0.334 e. The van der Waals surface area contributed by atoms with Crippen LogP contribution in [0, 0.1) is 5.82 Å². The zero-order chi connectivity index (χ0) is 10.8. The summed E-state index contributed by atoms with van der Waals surface area (Å²) in [6, 6.07) is 1.27. The van der Waals surface area contributed by atoms with E-state index >= 15 is 0 Å². The van der Waals surface area contributed by atoms with E-state index in [0.717, 1.165) is 6.20 Å². The summed E-state index contributed by atoms with van der Waals surface area (Å²) in [6.45, 7) is 1.72. The van der Waals surface area contributed by atoms with Crippen LogP contribution in [-0.4, -0.2) is 15.1 Å². The van der Waals surface area contributed by atoms with Gasteiger partial charge in [-0.15, -0.1) is 11.6 Å². The topological polar surface area (TPSA) is 51.8 Å². The molecule has 0 saturated heterocycles. The Morgan fingerprint density at radius 1 is 1.47 bits per heavy atom. The summed E-state index contributed by atoms with van der Waals surface area (Å²) in [6.07, 6.45) is 2.55. The zero-order valence-corrected chi connectivity index (χ0v) is 8.57. The van der Waals surface area contributed by atoms with Crippen LogP contribution < -0.4 is 0 Å². The molecule has 0 radical (unpaired) electrons. The van der Waals surface area contributed by atoms with Crippen molar-refractivity contribution in [2.45, 2.75) is 12.3 Å². The van der Waals surface area contributed by atoms with Gasteiger partial charge in [0.05, 0.1) is 17.1 Å². The lowest BCUT2D eigenvalue weighted by atomic mass is 10.3. The summed E-state index contributed by atoms with van der Waals surface area (Å²) >= 11 is 5.76. The zero-order valence-electron chi connectivity index (χ0n) is 7.82. The lowest BCUT2D eigenvalue weighted by molar-refractivity contribution is 0.422. The average Bonchev–Trinajstić information content (AvgIpc) is 2.66. The molecule has 0 saturated carbocycles. The monoisotopic (exact) mass is 227 g/mol. The first-order valence-corrected chi connectivity index (χ1v) is 4.69. The van der Waals surface area contributed by atoms with Crippen LogP contribution in [0.4, 0.5) is 4.39 Å². The van der Waals surface area contributed by atoms with Crippen molar-refractivity contribution in [3.8, 4) is 11.5 Å². The van der Waals surface area contributed by atoms with Crippen LogP contribution in [0.2, 0.25) is 0 Å². The summed E-state index contributed by atoms with van der Waals surface area (Å²) in [4.78, 5) is 7.68. The fraction of sp³-hybridized carbons (Fsp3) is 0.222.